The lowest BCUT2D eigenvalue weighted by Gasteiger charge is -2.10. The van der Waals surface area contributed by atoms with Crippen LogP contribution in [0, 0.1) is 5.82 Å². The molecule has 5 heteroatoms. The van der Waals surface area contributed by atoms with Gasteiger partial charge in [-0.1, -0.05) is 49.1 Å². The molecule has 0 amide bonds. The fourth-order valence-electron chi connectivity index (χ4n) is 3.64. The molecule has 0 radical (unpaired) electrons. The van der Waals surface area contributed by atoms with Gasteiger partial charge in [0.2, 0.25) is 0 Å². The fourth-order valence-corrected chi connectivity index (χ4v) is 3.64. The van der Waals surface area contributed by atoms with Crippen LogP contribution in [0.25, 0.3) is 33.3 Å². The third kappa shape index (κ3) is 4.88. The van der Waals surface area contributed by atoms with Crippen LogP contribution in [0.2, 0.25) is 0 Å². The first-order valence-electron chi connectivity index (χ1n) is 10.6. The van der Waals surface area contributed by atoms with Crippen LogP contribution in [0.4, 0.5) is 4.39 Å². The fraction of sp³-hybridized carbons (Fsp3) is 0.107. The van der Waals surface area contributed by atoms with Crippen LogP contribution < -0.4 is 9.47 Å². The monoisotopic (exact) mass is 440 g/mol. The Morgan fingerprint density at radius 1 is 1.12 bits per heavy atom. The maximum atomic E-state index is 14.5. The number of H-pyrrole nitrogens is 1. The average Bonchev–Trinajstić information content (AvgIpc) is 3.27. The van der Waals surface area contributed by atoms with Crippen molar-refractivity contribution in [3.63, 3.8) is 0 Å². The Bertz CT molecular complexity index is 1350. The van der Waals surface area contributed by atoms with Crippen molar-refractivity contribution in [2.24, 2.45) is 0 Å². The maximum Gasteiger partial charge on any atom is 0.137 e. The highest BCUT2D eigenvalue weighted by Crippen LogP contribution is 2.35. The van der Waals surface area contributed by atoms with Crippen molar-refractivity contribution < 1.29 is 13.9 Å². The zero-order chi connectivity index (χ0) is 23.2. The SMILES string of the molecule is C=C/C(=C\C=C/C)COc1cc(F)cc(-c2c[nH]c3ncc(-c4ccccc4OC)cc23)c1. The number of hydrogen-bond acceptors (Lipinski definition) is 3. The van der Waals surface area contributed by atoms with Crippen molar-refractivity contribution in [3.8, 4) is 33.8 Å². The molecule has 0 atom stereocenters. The van der Waals surface area contributed by atoms with E-state index in [4.69, 9.17) is 9.47 Å². The third-order valence-electron chi connectivity index (χ3n) is 5.30. The van der Waals surface area contributed by atoms with Gasteiger partial charge in [-0.3, -0.25) is 0 Å². The molecule has 0 aliphatic carbocycles. The van der Waals surface area contributed by atoms with Gasteiger partial charge in [-0.25, -0.2) is 9.37 Å². The molecular formula is C28H25FN2O2. The van der Waals surface area contributed by atoms with Crippen LogP contribution in [0.5, 0.6) is 11.5 Å². The molecule has 0 aliphatic heterocycles. The van der Waals surface area contributed by atoms with Gasteiger partial charge in [0.1, 0.15) is 29.6 Å². The summed E-state index contributed by atoms with van der Waals surface area (Å²) in [5, 5.41) is 0.884. The molecule has 0 unspecified atom stereocenters. The number of methoxy groups -OCH3 is 1. The van der Waals surface area contributed by atoms with E-state index in [1.807, 2.05) is 67.7 Å². The number of rotatable bonds is 8. The summed E-state index contributed by atoms with van der Waals surface area (Å²) in [6.07, 6.45) is 11.1. The Morgan fingerprint density at radius 3 is 2.76 bits per heavy atom. The molecule has 33 heavy (non-hydrogen) atoms. The molecule has 4 aromatic rings. The molecule has 1 N–H and O–H groups in total. The molecule has 166 valence electrons. The number of nitrogens with zero attached hydrogens (tertiary/aromatic N) is 1. The molecule has 0 aliphatic rings. The number of halogens is 1. The number of nitrogens with one attached hydrogen (secondary N) is 1. The first-order valence-corrected chi connectivity index (χ1v) is 10.6. The van der Waals surface area contributed by atoms with Crippen LogP contribution in [0.1, 0.15) is 6.92 Å². The van der Waals surface area contributed by atoms with E-state index in [2.05, 4.69) is 16.5 Å². The van der Waals surface area contributed by atoms with Crippen LogP contribution in [-0.4, -0.2) is 23.7 Å². The summed E-state index contributed by atoms with van der Waals surface area (Å²) in [5.74, 6) is 0.839. The van der Waals surface area contributed by atoms with E-state index in [9.17, 15) is 4.39 Å². The summed E-state index contributed by atoms with van der Waals surface area (Å²) in [6, 6.07) is 14.5. The van der Waals surface area contributed by atoms with Crippen molar-refractivity contribution in [2.45, 2.75) is 6.92 Å². The highest BCUT2D eigenvalue weighted by molar-refractivity contribution is 5.96. The largest absolute Gasteiger partial charge is 0.496 e. The van der Waals surface area contributed by atoms with Crippen LogP contribution >= 0.6 is 0 Å². The van der Waals surface area contributed by atoms with Gasteiger partial charge in [-0.2, -0.15) is 0 Å². The number of ether oxygens (including phenoxy) is 2. The highest BCUT2D eigenvalue weighted by atomic mass is 19.1. The third-order valence-corrected chi connectivity index (χ3v) is 5.30. The number of allylic oxidation sites excluding steroid dienone is 3. The summed E-state index contributed by atoms with van der Waals surface area (Å²) in [4.78, 5) is 7.74. The average molecular weight is 441 g/mol. The van der Waals surface area contributed by atoms with Crippen LogP contribution in [0.3, 0.4) is 0 Å². The van der Waals surface area contributed by atoms with E-state index in [0.29, 0.717) is 17.9 Å². The predicted molar refractivity (Wildman–Crippen MR) is 132 cm³/mol. The minimum Gasteiger partial charge on any atom is -0.496 e. The first kappa shape index (κ1) is 22.1. The Hall–Kier alpha value is -4.12. The molecule has 4 rings (SSSR count). The summed E-state index contributed by atoms with van der Waals surface area (Å²) in [7, 11) is 1.65. The van der Waals surface area contributed by atoms with Crippen molar-refractivity contribution >= 4 is 11.0 Å². The predicted octanol–water partition coefficient (Wildman–Crippen LogP) is 7.11. The van der Waals surface area contributed by atoms with Crippen molar-refractivity contribution in [2.75, 3.05) is 13.7 Å². The van der Waals surface area contributed by atoms with Gasteiger partial charge in [-0.15, -0.1) is 0 Å². The van der Waals surface area contributed by atoms with Gasteiger partial charge in [-0.05, 0) is 42.3 Å². The molecule has 0 bridgehead atoms. The Balaban J connectivity index is 1.71. The molecule has 0 fully saturated rings. The topological polar surface area (TPSA) is 47.1 Å². The summed E-state index contributed by atoms with van der Waals surface area (Å²) < 4.78 is 25.9. The van der Waals surface area contributed by atoms with Crippen molar-refractivity contribution in [1.29, 1.82) is 0 Å². The number of aromatic amines is 1. The van der Waals surface area contributed by atoms with E-state index < -0.39 is 0 Å². The summed E-state index contributed by atoms with van der Waals surface area (Å²) >= 11 is 0. The molecule has 2 heterocycles. The maximum absolute atomic E-state index is 14.5. The van der Waals surface area contributed by atoms with E-state index in [-0.39, 0.29) is 5.82 Å². The standard InChI is InChI=1S/C28H25FN2O2/c1-4-6-9-19(5-2)18-33-23-13-20(12-22(29)15-23)26-17-31-28-25(26)14-21(16-30-28)24-10-7-8-11-27(24)32-3/h4-17H,2,18H2,1,3H3,(H,30,31)/b6-4-,19-9+. The number of benzene rings is 2. The van der Waals surface area contributed by atoms with Gasteiger partial charge in [0.15, 0.2) is 0 Å². The molecule has 0 saturated heterocycles. The summed E-state index contributed by atoms with van der Waals surface area (Å²) in [5.41, 5.74) is 5.02. The van der Waals surface area contributed by atoms with E-state index in [0.717, 1.165) is 39.0 Å². The molecule has 2 aromatic heterocycles. The number of hydrogen-bond donors (Lipinski definition) is 1. The van der Waals surface area contributed by atoms with Gasteiger partial charge in [0, 0.05) is 40.5 Å². The second kappa shape index (κ2) is 10.0. The van der Waals surface area contributed by atoms with Crippen LogP contribution in [-0.2, 0) is 0 Å². The van der Waals surface area contributed by atoms with Crippen molar-refractivity contribution in [3.05, 3.63) is 103 Å². The van der Waals surface area contributed by atoms with Crippen LogP contribution in [0.15, 0.2) is 97.4 Å². The Morgan fingerprint density at radius 2 is 1.97 bits per heavy atom. The molecule has 2 aromatic carbocycles. The number of pyridine rings is 1. The van der Waals surface area contributed by atoms with Gasteiger partial charge in [0.05, 0.1) is 7.11 Å². The number of aromatic nitrogens is 2. The number of fused-ring (bicyclic) bond motifs is 1. The van der Waals surface area contributed by atoms with Gasteiger partial charge >= 0.3 is 0 Å². The zero-order valence-electron chi connectivity index (χ0n) is 18.6. The minimum atomic E-state index is -0.372. The lowest BCUT2D eigenvalue weighted by Crippen LogP contribution is -2.00. The first-order chi connectivity index (χ1) is 16.1. The molecule has 4 nitrogen and oxygen atoms in total. The second-order valence-electron chi connectivity index (χ2n) is 7.46. The van der Waals surface area contributed by atoms with E-state index in [1.165, 1.54) is 12.1 Å². The zero-order valence-corrected chi connectivity index (χ0v) is 18.6. The lowest BCUT2D eigenvalue weighted by molar-refractivity contribution is 0.353. The quantitative estimate of drug-likeness (QED) is 0.297. The molecule has 0 saturated carbocycles. The van der Waals surface area contributed by atoms with Crippen molar-refractivity contribution in [1.82, 2.24) is 9.97 Å². The normalized spacial score (nSPS) is 11.8. The van der Waals surface area contributed by atoms with Gasteiger partial charge < -0.3 is 14.5 Å². The highest BCUT2D eigenvalue weighted by Gasteiger charge is 2.13. The number of para-hydroxylation sites is 1. The van der Waals surface area contributed by atoms with E-state index >= 15 is 0 Å². The summed E-state index contributed by atoms with van der Waals surface area (Å²) in [6.45, 7) is 6.04. The Kier molecular flexibility index (Phi) is 6.69. The second-order valence-corrected chi connectivity index (χ2v) is 7.46. The molecular weight excluding hydrogens is 415 g/mol. The lowest BCUT2D eigenvalue weighted by atomic mass is 10.0. The van der Waals surface area contributed by atoms with E-state index in [1.54, 1.807) is 19.4 Å². The smallest absolute Gasteiger partial charge is 0.137 e. The minimum absolute atomic E-state index is 0.296. The molecule has 0 spiro atoms. The Labute approximate surface area is 192 Å². The van der Waals surface area contributed by atoms with Gasteiger partial charge in [0.25, 0.3) is 0 Å².